The predicted octanol–water partition coefficient (Wildman–Crippen LogP) is 2.45. The molecule has 1 nitrogen and oxygen atoms in total. The summed E-state index contributed by atoms with van der Waals surface area (Å²) in [5.41, 5.74) is 1.24. The van der Waals surface area contributed by atoms with Gasteiger partial charge in [0.25, 0.3) is 0 Å². The Morgan fingerprint density at radius 2 is 2.00 bits per heavy atom. The summed E-state index contributed by atoms with van der Waals surface area (Å²) in [6.07, 6.45) is 5.22. The van der Waals surface area contributed by atoms with Crippen molar-refractivity contribution >= 4 is 0 Å². The molecule has 0 bridgehead atoms. The van der Waals surface area contributed by atoms with Crippen LogP contribution in [0, 0.1) is 0 Å². The van der Waals surface area contributed by atoms with E-state index in [1.165, 1.54) is 5.57 Å². The summed E-state index contributed by atoms with van der Waals surface area (Å²) in [5.74, 6) is 0. The van der Waals surface area contributed by atoms with E-state index in [9.17, 15) is 0 Å². The SMILES string of the molecule is C=C(C)CCn1cccc1. The molecule has 1 aromatic rings. The van der Waals surface area contributed by atoms with Gasteiger partial charge in [-0.3, -0.25) is 0 Å². The van der Waals surface area contributed by atoms with E-state index in [4.69, 9.17) is 0 Å². The van der Waals surface area contributed by atoms with Crippen LogP contribution in [0.4, 0.5) is 0 Å². The molecule has 0 aliphatic carbocycles. The van der Waals surface area contributed by atoms with E-state index in [0.717, 1.165) is 13.0 Å². The smallest absolute Gasteiger partial charge is 0.0256 e. The Bertz CT molecular complexity index is 197. The lowest BCUT2D eigenvalue weighted by Crippen LogP contribution is -1.93. The number of nitrogens with zero attached hydrogens (tertiary/aromatic N) is 1. The molecule has 54 valence electrons. The summed E-state index contributed by atoms with van der Waals surface area (Å²) in [4.78, 5) is 0. The fourth-order valence-electron chi connectivity index (χ4n) is 0.839. The van der Waals surface area contributed by atoms with Crippen LogP contribution in [-0.4, -0.2) is 4.57 Å². The van der Waals surface area contributed by atoms with Gasteiger partial charge in [-0.05, 0) is 25.5 Å². The van der Waals surface area contributed by atoms with Crippen LogP contribution in [-0.2, 0) is 6.54 Å². The van der Waals surface area contributed by atoms with Crippen LogP contribution >= 0.6 is 0 Å². The Kier molecular flexibility index (Phi) is 2.32. The first kappa shape index (κ1) is 7.13. The zero-order valence-electron chi connectivity index (χ0n) is 6.38. The molecule has 0 radical (unpaired) electrons. The normalized spacial score (nSPS) is 9.70. The molecule has 0 aromatic carbocycles. The van der Waals surface area contributed by atoms with Crippen LogP contribution in [0.3, 0.4) is 0 Å². The molecular weight excluding hydrogens is 122 g/mol. The van der Waals surface area contributed by atoms with E-state index in [1.54, 1.807) is 0 Å². The number of rotatable bonds is 3. The first-order valence-electron chi connectivity index (χ1n) is 3.54. The first-order valence-corrected chi connectivity index (χ1v) is 3.54. The van der Waals surface area contributed by atoms with E-state index < -0.39 is 0 Å². The predicted molar refractivity (Wildman–Crippen MR) is 43.9 cm³/mol. The van der Waals surface area contributed by atoms with E-state index in [0.29, 0.717) is 0 Å². The third kappa shape index (κ3) is 2.09. The van der Waals surface area contributed by atoms with Crippen LogP contribution in [0.1, 0.15) is 13.3 Å². The maximum absolute atomic E-state index is 3.84. The standard InChI is InChI=1S/C9H13N/c1-9(2)5-8-10-6-3-4-7-10/h3-4,6-7H,1,5,8H2,2H3. The molecule has 0 N–H and O–H groups in total. The fraction of sp³-hybridized carbons (Fsp3) is 0.333. The molecule has 10 heavy (non-hydrogen) atoms. The fourth-order valence-corrected chi connectivity index (χ4v) is 0.839. The Hall–Kier alpha value is -0.980. The number of aromatic nitrogens is 1. The van der Waals surface area contributed by atoms with Crippen LogP contribution in [0.25, 0.3) is 0 Å². The zero-order chi connectivity index (χ0) is 7.40. The van der Waals surface area contributed by atoms with Gasteiger partial charge in [-0.25, -0.2) is 0 Å². The van der Waals surface area contributed by atoms with Gasteiger partial charge in [-0.15, -0.1) is 6.58 Å². The van der Waals surface area contributed by atoms with Gasteiger partial charge in [-0.2, -0.15) is 0 Å². The Labute approximate surface area is 62.0 Å². The first-order chi connectivity index (χ1) is 4.79. The lowest BCUT2D eigenvalue weighted by molar-refractivity contribution is 0.698. The monoisotopic (exact) mass is 135 g/mol. The second kappa shape index (κ2) is 3.25. The summed E-state index contributed by atoms with van der Waals surface area (Å²) < 4.78 is 2.16. The maximum Gasteiger partial charge on any atom is 0.0256 e. The molecule has 1 heterocycles. The van der Waals surface area contributed by atoms with Crippen LogP contribution < -0.4 is 0 Å². The van der Waals surface area contributed by atoms with Crippen molar-refractivity contribution in [3.8, 4) is 0 Å². The van der Waals surface area contributed by atoms with Crippen molar-refractivity contribution in [2.24, 2.45) is 0 Å². The average Bonchev–Trinajstić information content (AvgIpc) is 2.34. The summed E-state index contributed by atoms with van der Waals surface area (Å²) in [6, 6.07) is 4.08. The molecule has 1 heteroatoms. The minimum atomic E-state index is 1.06. The zero-order valence-corrected chi connectivity index (χ0v) is 6.38. The highest BCUT2D eigenvalue weighted by atomic mass is 14.9. The summed E-state index contributed by atoms with van der Waals surface area (Å²) in [7, 11) is 0. The quantitative estimate of drug-likeness (QED) is 0.561. The Balaban J connectivity index is 2.35. The molecule has 0 fully saturated rings. The summed E-state index contributed by atoms with van der Waals surface area (Å²) in [5, 5.41) is 0. The molecule has 1 aromatic heterocycles. The molecule has 0 saturated heterocycles. The second-order valence-electron chi connectivity index (χ2n) is 2.63. The highest BCUT2D eigenvalue weighted by Gasteiger charge is 1.87. The molecule has 0 amide bonds. The van der Waals surface area contributed by atoms with Crippen molar-refractivity contribution in [2.75, 3.05) is 0 Å². The number of hydrogen-bond acceptors (Lipinski definition) is 0. The largest absolute Gasteiger partial charge is 0.354 e. The number of allylic oxidation sites excluding steroid dienone is 1. The van der Waals surface area contributed by atoms with E-state index >= 15 is 0 Å². The Morgan fingerprint density at radius 1 is 1.40 bits per heavy atom. The molecule has 0 aliphatic heterocycles. The van der Waals surface area contributed by atoms with Crippen molar-refractivity contribution in [3.05, 3.63) is 36.7 Å². The van der Waals surface area contributed by atoms with E-state index in [1.807, 2.05) is 12.1 Å². The summed E-state index contributed by atoms with van der Waals surface area (Å²) in [6.45, 7) is 6.96. The van der Waals surface area contributed by atoms with Gasteiger partial charge in [-0.1, -0.05) is 5.57 Å². The van der Waals surface area contributed by atoms with Crippen LogP contribution in [0.2, 0.25) is 0 Å². The molecule has 0 atom stereocenters. The Morgan fingerprint density at radius 3 is 2.50 bits per heavy atom. The number of hydrogen-bond donors (Lipinski definition) is 0. The average molecular weight is 135 g/mol. The van der Waals surface area contributed by atoms with Crippen LogP contribution in [0.5, 0.6) is 0 Å². The van der Waals surface area contributed by atoms with Gasteiger partial charge in [0.05, 0.1) is 0 Å². The van der Waals surface area contributed by atoms with E-state index in [-0.39, 0.29) is 0 Å². The highest BCUT2D eigenvalue weighted by molar-refractivity contribution is 4.93. The molecule has 0 unspecified atom stereocenters. The lowest BCUT2D eigenvalue weighted by Gasteiger charge is -2.00. The van der Waals surface area contributed by atoms with Crippen molar-refractivity contribution in [1.29, 1.82) is 0 Å². The molecule has 0 aliphatic rings. The third-order valence-electron chi connectivity index (χ3n) is 1.46. The molecule has 1 rings (SSSR count). The molecule has 0 saturated carbocycles. The van der Waals surface area contributed by atoms with Crippen LogP contribution in [0.15, 0.2) is 36.7 Å². The van der Waals surface area contributed by atoms with Crippen molar-refractivity contribution in [3.63, 3.8) is 0 Å². The summed E-state index contributed by atoms with van der Waals surface area (Å²) >= 11 is 0. The van der Waals surface area contributed by atoms with Crippen molar-refractivity contribution in [1.82, 2.24) is 4.57 Å². The van der Waals surface area contributed by atoms with Crippen molar-refractivity contribution < 1.29 is 0 Å². The molecule has 0 spiro atoms. The number of aryl methyl sites for hydroxylation is 1. The molecular formula is C9H13N. The second-order valence-corrected chi connectivity index (χ2v) is 2.63. The van der Waals surface area contributed by atoms with Gasteiger partial charge >= 0.3 is 0 Å². The minimum absolute atomic E-state index is 1.06. The van der Waals surface area contributed by atoms with Gasteiger partial charge in [0.15, 0.2) is 0 Å². The third-order valence-corrected chi connectivity index (χ3v) is 1.46. The lowest BCUT2D eigenvalue weighted by atomic mass is 10.2. The van der Waals surface area contributed by atoms with Crippen molar-refractivity contribution in [2.45, 2.75) is 19.9 Å². The van der Waals surface area contributed by atoms with Gasteiger partial charge in [0.2, 0.25) is 0 Å². The maximum atomic E-state index is 3.84. The highest BCUT2D eigenvalue weighted by Crippen LogP contribution is 1.99. The van der Waals surface area contributed by atoms with Gasteiger partial charge in [0, 0.05) is 18.9 Å². The van der Waals surface area contributed by atoms with Gasteiger partial charge < -0.3 is 4.57 Å². The van der Waals surface area contributed by atoms with E-state index in [2.05, 4.69) is 30.5 Å². The topological polar surface area (TPSA) is 4.93 Å². The minimum Gasteiger partial charge on any atom is -0.354 e. The van der Waals surface area contributed by atoms with Gasteiger partial charge in [0.1, 0.15) is 0 Å².